The fourth-order valence-corrected chi connectivity index (χ4v) is 4.10. The van der Waals surface area contributed by atoms with Crippen LogP contribution in [0.1, 0.15) is 28.8 Å². The molecule has 31 heavy (non-hydrogen) atoms. The van der Waals surface area contributed by atoms with Crippen LogP contribution in [0.5, 0.6) is 11.5 Å². The van der Waals surface area contributed by atoms with Crippen molar-refractivity contribution >= 4 is 57.8 Å². The number of carbonyl (C=O) groups excluding carboxylic acids is 2. The summed E-state index contributed by atoms with van der Waals surface area (Å²) >= 11 is 6.36. The second-order valence-corrected chi connectivity index (χ2v) is 8.29. The Morgan fingerprint density at radius 2 is 1.84 bits per heavy atom. The van der Waals surface area contributed by atoms with Gasteiger partial charge in [0.15, 0.2) is 0 Å². The molecule has 0 unspecified atom stereocenters. The minimum Gasteiger partial charge on any atom is -0.508 e. The molecule has 0 aromatic heterocycles. The number of thiocarbonyl (C=S) groups is 1. The number of hydrogen-bond donors (Lipinski definition) is 4. The molecule has 1 aliphatic heterocycles. The van der Waals surface area contributed by atoms with Gasteiger partial charge in [-0.3, -0.25) is 14.5 Å². The van der Waals surface area contributed by atoms with Crippen LogP contribution >= 0.6 is 24.0 Å². The van der Waals surface area contributed by atoms with E-state index in [1.807, 2.05) is 0 Å². The number of phenolic OH excluding ortho intramolecular Hbond substituents is 2. The van der Waals surface area contributed by atoms with E-state index < -0.39 is 5.97 Å². The van der Waals surface area contributed by atoms with Gasteiger partial charge < -0.3 is 20.6 Å². The summed E-state index contributed by atoms with van der Waals surface area (Å²) in [5.41, 5.74) is 0.991. The molecular weight excluding hydrogens is 440 g/mol. The van der Waals surface area contributed by atoms with E-state index in [-0.39, 0.29) is 41.8 Å². The van der Waals surface area contributed by atoms with Gasteiger partial charge in [0.1, 0.15) is 15.8 Å². The van der Waals surface area contributed by atoms with Gasteiger partial charge in [-0.1, -0.05) is 24.0 Å². The molecule has 1 heterocycles. The lowest BCUT2D eigenvalue weighted by atomic mass is 10.1. The average Bonchev–Trinajstić information content (AvgIpc) is 2.98. The zero-order chi connectivity index (χ0) is 22.5. The van der Waals surface area contributed by atoms with Crippen LogP contribution in [-0.2, 0) is 9.59 Å². The highest BCUT2D eigenvalue weighted by molar-refractivity contribution is 8.26. The molecule has 1 saturated heterocycles. The minimum absolute atomic E-state index is 0.0849. The molecule has 1 fully saturated rings. The molecule has 10 heteroatoms. The number of thioether (sulfide) groups is 1. The second kappa shape index (κ2) is 9.63. The van der Waals surface area contributed by atoms with Crippen LogP contribution < -0.4 is 5.32 Å². The summed E-state index contributed by atoms with van der Waals surface area (Å²) in [5, 5.41) is 30.8. The standard InChI is InChI=1S/C21H18N2O6S2/c24-15-8-5-13(16(25)11-15)10-17-19(27)23(21(30)31-17)9-1-2-18(26)22-14-6-3-12(4-7-14)20(28)29/h3-8,10-11,24-25H,1-2,9H2,(H,22,26)(H,28,29)/b17-10-. The molecule has 2 aromatic carbocycles. The van der Waals surface area contributed by atoms with Gasteiger partial charge in [-0.05, 0) is 48.9 Å². The third kappa shape index (κ3) is 5.62. The van der Waals surface area contributed by atoms with Crippen molar-refractivity contribution in [1.29, 1.82) is 0 Å². The van der Waals surface area contributed by atoms with Crippen molar-refractivity contribution < 1.29 is 29.7 Å². The Labute approximate surface area is 187 Å². The molecule has 0 saturated carbocycles. The van der Waals surface area contributed by atoms with E-state index in [1.165, 1.54) is 53.4 Å². The van der Waals surface area contributed by atoms with Gasteiger partial charge in [-0.25, -0.2) is 4.79 Å². The van der Waals surface area contributed by atoms with Crippen LogP contribution in [0.3, 0.4) is 0 Å². The van der Waals surface area contributed by atoms with Gasteiger partial charge in [0.25, 0.3) is 5.91 Å². The molecule has 0 spiro atoms. The fraction of sp³-hybridized carbons (Fsp3) is 0.143. The lowest BCUT2D eigenvalue weighted by Gasteiger charge is -2.14. The summed E-state index contributed by atoms with van der Waals surface area (Å²) in [7, 11) is 0. The first kappa shape index (κ1) is 22.3. The number of anilines is 1. The Balaban J connectivity index is 1.53. The predicted molar refractivity (Wildman–Crippen MR) is 121 cm³/mol. The summed E-state index contributed by atoms with van der Waals surface area (Å²) in [6, 6.07) is 9.89. The molecule has 3 rings (SSSR count). The summed E-state index contributed by atoms with van der Waals surface area (Å²) in [6.45, 7) is 0.259. The molecular formula is C21H18N2O6S2. The molecule has 2 aromatic rings. The second-order valence-electron chi connectivity index (χ2n) is 6.61. The molecule has 0 bridgehead atoms. The van der Waals surface area contributed by atoms with Crippen LogP contribution in [0.25, 0.3) is 6.08 Å². The number of nitrogens with one attached hydrogen (secondary N) is 1. The number of amides is 2. The molecule has 160 valence electrons. The largest absolute Gasteiger partial charge is 0.508 e. The fourth-order valence-electron chi connectivity index (χ4n) is 2.81. The monoisotopic (exact) mass is 458 g/mol. The van der Waals surface area contributed by atoms with E-state index in [2.05, 4.69) is 5.32 Å². The summed E-state index contributed by atoms with van der Waals surface area (Å²) in [4.78, 5) is 37.3. The summed E-state index contributed by atoms with van der Waals surface area (Å²) in [6.07, 6.45) is 2.03. The van der Waals surface area contributed by atoms with Crippen LogP contribution in [0, 0.1) is 0 Å². The number of aromatic hydroxyl groups is 2. The molecule has 0 radical (unpaired) electrons. The molecule has 2 amide bonds. The minimum atomic E-state index is -1.05. The number of aromatic carboxylic acids is 1. The van der Waals surface area contributed by atoms with E-state index >= 15 is 0 Å². The lowest BCUT2D eigenvalue weighted by Crippen LogP contribution is -2.29. The quantitative estimate of drug-likeness (QED) is 0.367. The Hall–Kier alpha value is -3.37. The molecule has 4 N–H and O–H groups in total. The number of hydrogen-bond acceptors (Lipinski definition) is 7. The van der Waals surface area contributed by atoms with Crippen molar-refractivity contribution in [2.75, 3.05) is 11.9 Å². The zero-order valence-electron chi connectivity index (χ0n) is 16.1. The summed E-state index contributed by atoms with van der Waals surface area (Å²) < 4.78 is 0.360. The number of carbonyl (C=O) groups is 3. The van der Waals surface area contributed by atoms with Crippen LogP contribution in [0.4, 0.5) is 5.69 Å². The van der Waals surface area contributed by atoms with Crippen molar-refractivity contribution in [1.82, 2.24) is 4.90 Å². The van der Waals surface area contributed by atoms with E-state index in [0.717, 1.165) is 11.8 Å². The zero-order valence-corrected chi connectivity index (χ0v) is 17.7. The van der Waals surface area contributed by atoms with Crippen LogP contribution in [-0.4, -0.2) is 48.9 Å². The van der Waals surface area contributed by atoms with Crippen LogP contribution in [0.2, 0.25) is 0 Å². The topological polar surface area (TPSA) is 127 Å². The molecule has 8 nitrogen and oxygen atoms in total. The van der Waals surface area contributed by atoms with Crippen molar-refractivity contribution in [2.24, 2.45) is 0 Å². The number of benzene rings is 2. The van der Waals surface area contributed by atoms with E-state index in [4.69, 9.17) is 17.3 Å². The van der Waals surface area contributed by atoms with E-state index in [0.29, 0.717) is 26.9 Å². The molecule has 0 atom stereocenters. The average molecular weight is 459 g/mol. The Morgan fingerprint density at radius 3 is 2.48 bits per heavy atom. The highest BCUT2D eigenvalue weighted by Gasteiger charge is 2.31. The van der Waals surface area contributed by atoms with Crippen molar-refractivity contribution in [3.8, 4) is 11.5 Å². The maximum Gasteiger partial charge on any atom is 0.335 e. The highest BCUT2D eigenvalue weighted by atomic mass is 32.2. The van der Waals surface area contributed by atoms with Gasteiger partial charge in [-0.15, -0.1) is 0 Å². The Bertz CT molecular complexity index is 1080. The van der Waals surface area contributed by atoms with Gasteiger partial charge in [0.2, 0.25) is 5.91 Å². The Morgan fingerprint density at radius 1 is 1.13 bits per heavy atom. The first-order valence-electron chi connectivity index (χ1n) is 9.15. The third-order valence-electron chi connectivity index (χ3n) is 4.38. The van der Waals surface area contributed by atoms with E-state index in [1.54, 1.807) is 0 Å². The number of phenols is 2. The highest BCUT2D eigenvalue weighted by Crippen LogP contribution is 2.34. The number of carboxylic acids is 1. The molecule has 0 aliphatic carbocycles. The number of nitrogens with zero attached hydrogens (tertiary/aromatic N) is 1. The molecule has 1 aliphatic rings. The maximum atomic E-state index is 12.6. The lowest BCUT2D eigenvalue weighted by molar-refractivity contribution is -0.122. The SMILES string of the molecule is O=C(CCCN1C(=O)/C(=C/c2ccc(O)cc2O)SC1=S)Nc1ccc(C(=O)O)cc1. The van der Waals surface area contributed by atoms with Crippen molar-refractivity contribution in [3.63, 3.8) is 0 Å². The van der Waals surface area contributed by atoms with Gasteiger partial charge in [0, 0.05) is 30.3 Å². The number of carboxylic acid groups (broad SMARTS) is 1. The Kier molecular flexibility index (Phi) is 6.93. The van der Waals surface area contributed by atoms with Gasteiger partial charge >= 0.3 is 5.97 Å². The normalized spacial score (nSPS) is 14.8. The summed E-state index contributed by atoms with van der Waals surface area (Å²) in [5.74, 6) is -1.86. The van der Waals surface area contributed by atoms with Gasteiger partial charge in [-0.2, -0.15) is 0 Å². The van der Waals surface area contributed by atoms with E-state index in [9.17, 15) is 24.6 Å². The van der Waals surface area contributed by atoms with Gasteiger partial charge in [0.05, 0.1) is 10.5 Å². The van der Waals surface area contributed by atoms with Crippen LogP contribution in [0.15, 0.2) is 47.4 Å². The van der Waals surface area contributed by atoms with Crippen molar-refractivity contribution in [3.05, 3.63) is 58.5 Å². The number of rotatable bonds is 7. The predicted octanol–water partition coefficient (Wildman–Crippen LogP) is 3.42. The maximum absolute atomic E-state index is 12.6. The first-order chi connectivity index (χ1) is 14.7. The smallest absolute Gasteiger partial charge is 0.335 e. The van der Waals surface area contributed by atoms with Crippen molar-refractivity contribution in [2.45, 2.75) is 12.8 Å². The first-order valence-corrected chi connectivity index (χ1v) is 10.4. The third-order valence-corrected chi connectivity index (χ3v) is 5.75.